The lowest BCUT2D eigenvalue weighted by Gasteiger charge is -2.11. The highest BCUT2D eigenvalue weighted by atomic mass is 79.9. The number of nitrogen functional groups attached to an aromatic ring is 1. The first-order valence-corrected chi connectivity index (χ1v) is 6.09. The first-order valence-electron chi connectivity index (χ1n) is 5.30. The molecule has 2 aromatic rings. The van der Waals surface area contributed by atoms with Crippen molar-refractivity contribution in [2.45, 2.75) is 6.92 Å². The van der Waals surface area contributed by atoms with Gasteiger partial charge in [-0.3, -0.25) is 5.41 Å². The molecule has 1 aromatic carbocycles. The standard InChI is InChI=1S/C12H13BrN4O/c1-7-6-10(17(2)16-7)18-9-5-3-4-8(13)11(9)12(14)15/h3-6H,1-2H3,(H3,14,15). The topological polar surface area (TPSA) is 76.9 Å². The molecule has 94 valence electrons. The van der Waals surface area contributed by atoms with Gasteiger partial charge in [-0.25, -0.2) is 4.68 Å². The molecule has 2 rings (SSSR count). The van der Waals surface area contributed by atoms with Gasteiger partial charge in [0.2, 0.25) is 5.88 Å². The SMILES string of the molecule is Cc1cc(Oc2cccc(Br)c2C(=N)N)n(C)n1. The Morgan fingerprint density at radius 1 is 1.50 bits per heavy atom. The number of nitrogens with two attached hydrogens (primary N) is 1. The smallest absolute Gasteiger partial charge is 0.217 e. The number of hydrogen-bond donors (Lipinski definition) is 2. The summed E-state index contributed by atoms with van der Waals surface area (Å²) < 4.78 is 8.12. The number of halogens is 1. The van der Waals surface area contributed by atoms with E-state index < -0.39 is 0 Å². The van der Waals surface area contributed by atoms with Crippen LogP contribution in [0.5, 0.6) is 11.6 Å². The quantitative estimate of drug-likeness (QED) is 0.676. The predicted octanol–water partition coefficient (Wildman–Crippen LogP) is 2.57. The molecule has 0 bridgehead atoms. The number of aromatic nitrogens is 2. The van der Waals surface area contributed by atoms with Gasteiger partial charge in [0.15, 0.2) is 0 Å². The van der Waals surface area contributed by atoms with Crippen LogP contribution in [0, 0.1) is 12.3 Å². The maximum absolute atomic E-state index is 7.59. The van der Waals surface area contributed by atoms with Crippen LogP contribution in [0.3, 0.4) is 0 Å². The van der Waals surface area contributed by atoms with Crippen molar-refractivity contribution in [3.8, 4) is 11.6 Å². The van der Waals surface area contributed by atoms with Gasteiger partial charge in [-0.05, 0) is 35.0 Å². The zero-order valence-corrected chi connectivity index (χ0v) is 11.7. The van der Waals surface area contributed by atoms with Crippen molar-refractivity contribution in [3.63, 3.8) is 0 Å². The van der Waals surface area contributed by atoms with Gasteiger partial charge in [-0.2, -0.15) is 5.10 Å². The minimum absolute atomic E-state index is 0.0450. The van der Waals surface area contributed by atoms with E-state index >= 15 is 0 Å². The van der Waals surface area contributed by atoms with Gasteiger partial charge in [0.1, 0.15) is 11.6 Å². The molecule has 0 spiro atoms. The van der Waals surface area contributed by atoms with Gasteiger partial charge in [-0.15, -0.1) is 0 Å². The lowest BCUT2D eigenvalue weighted by atomic mass is 10.2. The molecule has 0 amide bonds. The molecule has 1 aromatic heterocycles. The maximum atomic E-state index is 7.59. The first-order chi connectivity index (χ1) is 8.49. The first kappa shape index (κ1) is 12.6. The second kappa shape index (κ2) is 4.81. The van der Waals surface area contributed by atoms with Crippen LogP contribution >= 0.6 is 15.9 Å². The summed E-state index contributed by atoms with van der Waals surface area (Å²) in [6.07, 6.45) is 0. The van der Waals surface area contributed by atoms with Crippen molar-refractivity contribution in [2.75, 3.05) is 0 Å². The van der Waals surface area contributed by atoms with E-state index in [1.54, 1.807) is 17.8 Å². The third-order valence-electron chi connectivity index (χ3n) is 2.42. The van der Waals surface area contributed by atoms with E-state index in [4.69, 9.17) is 15.9 Å². The fourth-order valence-electron chi connectivity index (χ4n) is 1.65. The van der Waals surface area contributed by atoms with E-state index in [1.807, 2.05) is 25.1 Å². The van der Waals surface area contributed by atoms with Crippen molar-refractivity contribution >= 4 is 21.8 Å². The number of amidine groups is 1. The molecule has 0 atom stereocenters. The van der Waals surface area contributed by atoms with Gasteiger partial charge < -0.3 is 10.5 Å². The molecule has 5 nitrogen and oxygen atoms in total. The van der Waals surface area contributed by atoms with Crippen LogP contribution in [0.1, 0.15) is 11.3 Å². The van der Waals surface area contributed by atoms with Gasteiger partial charge >= 0.3 is 0 Å². The summed E-state index contributed by atoms with van der Waals surface area (Å²) in [6, 6.07) is 7.24. The molecule has 6 heteroatoms. The lowest BCUT2D eigenvalue weighted by Crippen LogP contribution is -2.13. The van der Waals surface area contributed by atoms with Gasteiger partial charge in [0.25, 0.3) is 0 Å². The highest BCUT2D eigenvalue weighted by Crippen LogP contribution is 2.30. The average Bonchev–Trinajstić information content (AvgIpc) is 2.57. The summed E-state index contributed by atoms with van der Waals surface area (Å²) in [7, 11) is 1.80. The molecule has 18 heavy (non-hydrogen) atoms. The summed E-state index contributed by atoms with van der Waals surface area (Å²) in [6.45, 7) is 1.89. The summed E-state index contributed by atoms with van der Waals surface area (Å²) >= 11 is 3.36. The number of aryl methyl sites for hydroxylation is 2. The summed E-state index contributed by atoms with van der Waals surface area (Å²) in [4.78, 5) is 0. The molecule has 1 heterocycles. The van der Waals surface area contributed by atoms with Crippen LogP contribution < -0.4 is 10.5 Å². The van der Waals surface area contributed by atoms with Crippen molar-refractivity contribution < 1.29 is 4.74 Å². The molecular weight excluding hydrogens is 296 g/mol. The van der Waals surface area contributed by atoms with E-state index in [2.05, 4.69) is 21.0 Å². The Bertz CT molecular complexity index is 606. The van der Waals surface area contributed by atoms with E-state index in [0.717, 1.165) is 10.2 Å². The Morgan fingerprint density at radius 2 is 2.22 bits per heavy atom. The van der Waals surface area contributed by atoms with Crippen LogP contribution in [-0.2, 0) is 7.05 Å². The molecule has 0 saturated heterocycles. The summed E-state index contributed by atoms with van der Waals surface area (Å²) in [5.41, 5.74) is 6.97. The number of hydrogen-bond acceptors (Lipinski definition) is 3. The Labute approximate surface area is 113 Å². The number of benzene rings is 1. The highest BCUT2D eigenvalue weighted by Gasteiger charge is 2.13. The second-order valence-electron chi connectivity index (χ2n) is 3.88. The van der Waals surface area contributed by atoms with Crippen LogP contribution in [0.25, 0.3) is 0 Å². The Hall–Kier alpha value is -1.82. The molecule has 0 aliphatic rings. The van der Waals surface area contributed by atoms with E-state index in [-0.39, 0.29) is 5.84 Å². The molecule has 0 unspecified atom stereocenters. The van der Waals surface area contributed by atoms with Gasteiger partial charge in [-0.1, -0.05) is 6.07 Å². The Morgan fingerprint density at radius 3 is 2.78 bits per heavy atom. The molecule has 0 saturated carbocycles. The number of nitrogens with zero attached hydrogens (tertiary/aromatic N) is 2. The maximum Gasteiger partial charge on any atom is 0.217 e. The lowest BCUT2D eigenvalue weighted by molar-refractivity contribution is 0.429. The predicted molar refractivity (Wildman–Crippen MR) is 73.2 cm³/mol. The largest absolute Gasteiger partial charge is 0.438 e. The van der Waals surface area contributed by atoms with Gasteiger partial charge in [0, 0.05) is 17.6 Å². The van der Waals surface area contributed by atoms with E-state index in [0.29, 0.717) is 17.2 Å². The minimum Gasteiger partial charge on any atom is -0.438 e. The number of nitrogens with one attached hydrogen (secondary N) is 1. The molecule has 0 radical (unpaired) electrons. The average molecular weight is 309 g/mol. The zero-order chi connectivity index (χ0) is 13.3. The molecular formula is C12H13BrN4O. The summed E-state index contributed by atoms with van der Waals surface area (Å²) in [5, 5.41) is 11.8. The van der Waals surface area contributed by atoms with Crippen molar-refractivity contribution in [2.24, 2.45) is 12.8 Å². The van der Waals surface area contributed by atoms with E-state index in [9.17, 15) is 0 Å². The normalized spacial score (nSPS) is 10.4. The third kappa shape index (κ3) is 2.38. The fourth-order valence-corrected chi connectivity index (χ4v) is 2.21. The van der Waals surface area contributed by atoms with Crippen LogP contribution in [0.15, 0.2) is 28.7 Å². The molecule has 0 fully saturated rings. The van der Waals surface area contributed by atoms with Crippen molar-refractivity contribution in [3.05, 3.63) is 40.0 Å². The second-order valence-corrected chi connectivity index (χ2v) is 4.73. The zero-order valence-electron chi connectivity index (χ0n) is 10.1. The molecule has 0 aliphatic carbocycles. The van der Waals surface area contributed by atoms with E-state index in [1.165, 1.54) is 0 Å². The van der Waals surface area contributed by atoms with Crippen LogP contribution in [-0.4, -0.2) is 15.6 Å². The minimum atomic E-state index is -0.0450. The fraction of sp³-hybridized carbons (Fsp3) is 0.167. The van der Waals surface area contributed by atoms with Crippen molar-refractivity contribution in [1.82, 2.24) is 9.78 Å². The summed E-state index contributed by atoms with van der Waals surface area (Å²) in [5.74, 6) is 1.09. The monoisotopic (exact) mass is 308 g/mol. The third-order valence-corrected chi connectivity index (χ3v) is 3.08. The van der Waals surface area contributed by atoms with Gasteiger partial charge in [0.05, 0.1) is 11.3 Å². The van der Waals surface area contributed by atoms with Crippen molar-refractivity contribution in [1.29, 1.82) is 5.41 Å². The highest BCUT2D eigenvalue weighted by molar-refractivity contribution is 9.10. The molecule has 0 aliphatic heterocycles. The Balaban J connectivity index is 2.43. The molecule has 3 N–H and O–H groups in total. The van der Waals surface area contributed by atoms with Crippen LogP contribution in [0.2, 0.25) is 0 Å². The Kier molecular flexibility index (Phi) is 3.38. The number of ether oxygens (including phenoxy) is 1. The number of rotatable bonds is 3. The van der Waals surface area contributed by atoms with Crippen LogP contribution in [0.4, 0.5) is 0 Å².